The highest BCUT2D eigenvalue weighted by Crippen LogP contribution is 2.43. The quantitative estimate of drug-likeness (QED) is 0.0214. The highest BCUT2D eigenvalue weighted by Gasteiger charge is 2.26. The molecule has 0 radical (unpaired) electrons. The van der Waals surface area contributed by atoms with Crippen LogP contribution in [-0.2, 0) is 27.9 Å². The molecule has 2 atom stereocenters. The number of ether oxygens (including phenoxy) is 2. The molecule has 0 aliphatic heterocycles. The third-order valence-corrected chi connectivity index (χ3v) is 12.3. The molecule has 0 spiro atoms. The van der Waals surface area contributed by atoms with E-state index < -0.39 is 13.9 Å². The molecule has 0 fully saturated rings. The monoisotopic (exact) mass is 859 g/mol. The number of quaternary nitrogens is 1. The highest BCUT2D eigenvalue weighted by atomic mass is 31.2. The van der Waals surface area contributed by atoms with Crippen LogP contribution in [0.1, 0.15) is 245 Å². The van der Waals surface area contributed by atoms with Crippen molar-refractivity contribution in [1.82, 2.24) is 0 Å². The number of allylic oxidation sites excluding steroid dienone is 2. The molecule has 0 heterocycles. The number of carbonyl (C=O) groups excluding carboxylic acids is 1. The molecule has 1 N–H and O–H groups in total. The number of phosphoric acid groups is 1. The molecule has 0 aromatic carbocycles. The zero-order valence-electron chi connectivity index (χ0n) is 40.0. The summed E-state index contributed by atoms with van der Waals surface area (Å²) in [6.07, 6.45) is 49.8. The van der Waals surface area contributed by atoms with Gasteiger partial charge in [-0.15, -0.1) is 0 Å². The summed E-state index contributed by atoms with van der Waals surface area (Å²) in [5, 5.41) is 0. The molecule has 0 aliphatic carbocycles. The lowest BCUT2D eigenvalue weighted by Crippen LogP contribution is -2.37. The molecule has 0 amide bonds. The lowest BCUT2D eigenvalue weighted by molar-refractivity contribution is -0.870. The van der Waals surface area contributed by atoms with Crippen LogP contribution >= 0.6 is 7.82 Å². The predicted octanol–water partition coefficient (Wildman–Crippen LogP) is 15.4. The van der Waals surface area contributed by atoms with Gasteiger partial charge in [0.2, 0.25) is 0 Å². The van der Waals surface area contributed by atoms with Crippen LogP contribution in [0, 0.1) is 0 Å². The van der Waals surface area contributed by atoms with Crippen molar-refractivity contribution in [1.29, 1.82) is 0 Å². The number of unbranched alkanes of at least 4 members (excludes halogenated alkanes) is 32. The Hall–Kier alpha value is -0.760. The second-order valence-electron chi connectivity index (χ2n) is 18.6. The van der Waals surface area contributed by atoms with Crippen LogP contribution in [0.25, 0.3) is 0 Å². The van der Waals surface area contributed by atoms with E-state index in [0.717, 1.165) is 44.9 Å². The Kier molecular flexibility index (Phi) is 43.3. The summed E-state index contributed by atoms with van der Waals surface area (Å²) in [4.78, 5) is 22.9. The van der Waals surface area contributed by atoms with Crippen molar-refractivity contribution in [3.05, 3.63) is 12.2 Å². The minimum Gasteiger partial charge on any atom is -0.457 e. The average Bonchev–Trinajstić information content (AvgIpc) is 3.19. The topological polar surface area (TPSA) is 91.3 Å². The van der Waals surface area contributed by atoms with Gasteiger partial charge in [-0.25, -0.2) is 4.57 Å². The minimum absolute atomic E-state index is 0.0903. The van der Waals surface area contributed by atoms with Gasteiger partial charge in [-0.2, -0.15) is 0 Å². The van der Waals surface area contributed by atoms with E-state index >= 15 is 0 Å². The Morgan fingerprint density at radius 2 is 0.881 bits per heavy atom. The van der Waals surface area contributed by atoms with E-state index in [-0.39, 0.29) is 25.8 Å². The van der Waals surface area contributed by atoms with E-state index in [0.29, 0.717) is 24.1 Å². The summed E-state index contributed by atoms with van der Waals surface area (Å²) in [5.41, 5.74) is 0. The molecule has 2 unspecified atom stereocenters. The van der Waals surface area contributed by atoms with Gasteiger partial charge in [0.15, 0.2) is 0 Å². The largest absolute Gasteiger partial charge is 0.472 e. The van der Waals surface area contributed by atoms with E-state index in [1.165, 1.54) is 180 Å². The van der Waals surface area contributed by atoms with Crippen molar-refractivity contribution >= 4 is 13.8 Å². The second-order valence-corrected chi connectivity index (χ2v) is 20.0. The molecule has 59 heavy (non-hydrogen) atoms. The van der Waals surface area contributed by atoms with Gasteiger partial charge < -0.3 is 18.9 Å². The standard InChI is InChI=1S/C50H100NO7P/c1-6-8-10-12-14-16-18-20-21-22-23-24-25-26-27-28-29-30-31-32-34-36-38-40-42-45-55-47-49(48-57-59(53,54)56-46-44-51(3,4)5)58-50(52)43-41-39-37-35-33-19-17-15-13-11-9-7-2/h15,17,49H,6-14,16,18-48H2,1-5H3/p+1/b17-15-. The first-order chi connectivity index (χ1) is 28.6. The van der Waals surface area contributed by atoms with Crippen molar-refractivity contribution in [2.75, 3.05) is 54.1 Å². The summed E-state index contributed by atoms with van der Waals surface area (Å²) in [6, 6.07) is 0. The number of likely N-dealkylation sites (N-methyl/N-ethyl adjacent to an activating group) is 1. The number of hydrogen-bond acceptors (Lipinski definition) is 6. The summed E-state index contributed by atoms with van der Waals surface area (Å²) in [7, 11) is 1.68. The number of rotatable bonds is 48. The number of carbonyl (C=O) groups is 1. The number of hydrogen-bond donors (Lipinski definition) is 1. The molecular formula is C50H101NO7P+. The van der Waals surface area contributed by atoms with Crippen LogP contribution in [-0.4, -0.2) is 75.6 Å². The van der Waals surface area contributed by atoms with E-state index in [9.17, 15) is 14.3 Å². The summed E-state index contributed by atoms with van der Waals surface area (Å²) >= 11 is 0. The van der Waals surface area contributed by atoms with Gasteiger partial charge in [-0.3, -0.25) is 13.8 Å². The molecule has 0 saturated heterocycles. The molecule has 0 bridgehead atoms. The second kappa shape index (κ2) is 43.9. The number of nitrogens with zero attached hydrogens (tertiary/aromatic N) is 1. The van der Waals surface area contributed by atoms with Gasteiger partial charge in [-0.05, 0) is 38.5 Å². The van der Waals surface area contributed by atoms with Crippen LogP contribution < -0.4 is 0 Å². The normalized spacial score (nSPS) is 13.7. The molecule has 352 valence electrons. The molecular weight excluding hydrogens is 758 g/mol. The number of esters is 1. The Morgan fingerprint density at radius 1 is 0.508 bits per heavy atom. The van der Waals surface area contributed by atoms with E-state index in [2.05, 4.69) is 26.0 Å². The smallest absolute Gasteiger partial charge is 0.457 e. The molecule has 8 nitrogen and oxygen atoms in total. The van der Waals surface area contributed by atoms with E-state index in [1.54, 1.807) is 0 Å². The highest BCUT2D eigenvalue weighted by molar-refractivity contribution is 7.47. The maximum Gasteiger partial charge on any atom is 0.472 e. The molecule has 0 aliphatic rings. The summed E-state index contributed by atoms with van der Waals surface area (Å²) in [5.74, 6) is -0.319. The molecule has 0 aromatic rings. The first-order valence-electron chi connectivity index (χ1n) is 25.4. The van der Waals surface area contributed by atoms with Crippen molar-refractivity contribution in [2.45, 2.75) is 251 Å². The van der Waals surface area contributed by atoms with Gasteiger partial charge in [0, 0.05) is 13.0 Å². The number of phosphoric ester groups is 1. The fourth-order valence-corrected chi connectivity index (χ4v) is 8.11. The molecule has 0 rings (SSSR count). The molecule has 0 aromatic heterocycles. The van der Waals surface area contributed by atoms with Crippen molar-refractivity contribution in [2.24, 2.45) is 0 Å². The molecule has 0 saturated carbocycles. The lowest BCUT2D eigenvalue weighted by Gasteiger charge is -2.24. The Morgan fingerprint density at radius 3 is 1.32 bits per heavy atom. The van der Waals surface area contributed by atoms with E-state index in [1.807, 2.05) is 21.1 Å². The maximum atomic E-state index is 12.7. The van der Waals surface area contributed by atoms with Crippen molar-refractivity contribution in [3.8, 4) is 0 Å². The average molecular weight is 859 g/mol. The summed E-state index contributed by atoms with van der Waals surface area (Å²) < 4.78 is 35.1. The van der Waals surface area contributed by atoms with Gasteiger partial charge in [0.1, 0.15) is 19.3 Å². The Labute approximate surface area is 367 Å². The third-order valence-electron chi connectivity index (χ3n) is 11.3. The van der Waals surface area contributed by atoms with Crippen LogP contribution in [0.15, 0.2) is 12.2 Å². The van der Waals surface area contributed by atoms with Gasteiger partial charge in [-0.1, -0.05) is 212 Å². The fraction of sp³-hybridized carbons (Fsp3) is 0.940. The fourth-order valence-electron chi connectivity index (χ4n) is 7.37. The Bertz CT molecular complexity index is 956. The molecule has 9 heteroatoms. The minimum atomic E-state index is -4.27. The maximum absolute atomic E-state index is 12.7. The predicted molar refractivity (Wildman–Crippen MR) is 252 cm³/mol. The summed E-state index contributed by atoms with van der Waals surface area (Å²) in [6.45, 7) is 5.64. The van der Waals surface area contributed by atoms with Crippen LogP contribution in [0.2, 0.25) is 0 Å². The van der Waals surface area contributed by atoms with Gasteiger partial charge in [0.25, 0.3) is 0 Å². The van der Waals surface area contributed by atoms with Gasteiger partial charge >= 0.3 is 13.8 Å². The first-order valence-corrected chi connectivity index (χ1v) is 26.9. The third kappa shape index (κ3) is 48.1. The van der Waals surface area contributed by atoms with Gasteiger partial charge in [0.05, 0.1) is 34.4 Å². The zero-order chi connectivity index (χ0) is 43.4. The zero-order valence-corrected chi connectivity index (χ0v) is 40.9. The van der Waals surface area contributed by atoms with Crippen molar-refractivity contribution < 1.29 is 37.3 Å². The first kappa shape index (κ1) is 58.2. The van der Waals surface area contributed by atoms with Crippen LogP contribution in [0.3, 0.4) is 0 Å². The Balaban J connectivity index is 3.99. The van der Waals surface area contributed by atoms with E-state index in [4.69, 9.17) is 18.5 Å². The lowest BCUT2D eigenvalue weighted by atomic mass is 10.0. The van der Waals surface area contributed by atoms with Crippen molar-refractivity contribution in [3.63, 3.8) is 0 Å². The van der Waals surface area contributed by atoms with Crippen LogP contribution in [0.5, 0.6) is 0 Å². The SMILES string of the molecule is CCCCC/C=C\CCCCCCCC(=O)OC(COCCCCCCCCCCCCCCCCCCCCCCCCCCC)COP(=O)(O)OCC[N+](C)(C)C. The van der Waals surface area contributed by atoms with Crippen LogP contribution in [0.4, 0.5) is 0 Å².